The van der Waals surface area contributed by atoms with Gasteiger partial charge < -0.3 is 10.1 Å². The molecule has 2 fully saturated rings. The lowest BCUT2D eigenvalue weighted by Crippen LogP contribution is -2.27. The minimum atomic E-state index is 0.554. The number of ether oxygens (including phenoxy) is 1. The van der Waals surface area contributed by atoms with Crippen molar-refractivity contribution in [2.75, 3.05) is 25.5 Å². The molecule has 1 atom stereocenters. The van der Waals surface area contributed by atoms with E-state index >= 15 is 0 Å². The van der Waals surface area contributed by atoms with Crippen LogP contribution in [0.5, 0.6) is 5.75 Å². The van der Waals surface area contributed by atoms with E-state index in [1.54, 1.807) is 18.4 Å². The van der Waals surface area contributed by atoms with Gasteiger partial charge in [0.1, 0.15) is 5.75 Å². The summed E-state index contributed by atoms with van der Waals surface area (Å²) in [5.41, 5.74) is 1.05. The zero-order valence-corrected chi connectivity index (χ0v) is 12.4. The predicted molar refractivity (Wildman–Crippen MR) is 82.8 cm³/mol. The molecule has 0 radical (unpaired) electrons. The first kappa shape index (κ1) is 12.4. The van der Waals surface area contributed by atoms with Crippen molar-refractivity contribution >= 4 is 26.7 Å². The minimum Gasteiger partial charge on any atom is -0.497 e. The Labute approximate surface area is 122 Å². The molecule has 2 heterocycles. The Balaban J connectivity index is 1.48. The van der Waals surface area contributed by atoms with Crippen molar-refractivity contribution in [1.29, 1.82) is 0 Å². The highest BCUT2D eigenvalue weighted by molar-refractivity contribution is 7.22. The summed E-state index contributed by atoms with van der Waals surface area (Å²) < 4.78 is 6.45. The maximum atomic E-state index is 5.26. The first-order valence-electron chi connectivity index (χ1n) is 7.27. The monoisotopic (exact) mass is 289 g/mol. The van der Waals surface area contributed by atoms with Crippen molar-refractivity contribution in [2.24, 2.45) is 0 Å². The largest absolute Gasteiger partial charge is 0.497 e. The Kier molecular flexibility index (Phi) is 3.04. The second kappa shape index (κ2) is 4.90. The molecule has 1 saturated carbocycles. The van der Waals surface area contributed by atoms with Crippen molar-refractivity contribution in [3.63, 3.8) is 0 Å². The number of nitrogens with one attached hydrogen (secondary N) is 1. The van der Waals surface area contributed by atoms with Gasteiger partial charge in [-0.15, -0.1) is 0 Å². The van der Waals surface area contributed by atoms with Gasteiger partial charge in [0, 0.05) is 25.2 Å². The highest BCUT2D eigenvalue weighted by Gasteiger charge is 2.34. The molecule has 0 amide bonds. The average Bonchev–Trinajstić information content (AvgIpc) is 3.08. The minimum absolute atomic E-state index is 0.554. The molecule has 0 spiro atoms. The maximum Gasteiger partial charge on any atom is 0.184 e. The normalized spacial score (nSPS) is 23.4. The molecule has 2 aromatic rings. The zero-order valence-electron chi connectivity index (χ0n) is 11.6. The Bertz CT molecular complexity index is 623. The van der Waals surface area contributed by atoms with Gasteiger partial charge in [0.15, 0.2) is 5.13 Å². The summed E-state index contributed by atoms with van der Waals surface area (Å²) in [6, 6.07) is 7.49. The van der Waals surface area contributed by atoms with Crippen LogP contribution in [-0.2, 0) is 0 Å². The topological polar surface area (TPSA) is 37.4 Å². The van der Waals surface area contributed by atoms with Gasteiger partial charge in [-0.3, -0.25) is 4.90 Å². The third-order valence-corrected chi connectivity index (χ3v) is 5.16. The molecule has 1 aromatic heterocycles. The standard InChI is InChI=1S/C15H19N3OS/c1-19-12-4-5-13-14(8-12)20-15(17-13)16-10-6-7-18(9-10)11-2-3-11/h4-5,8,10-11H,2-3,6-7,9H2,1H3,(H,16,17). The van der Waals surface area contributed by atoms with Crippen LogP contribution in [0.1, 0.15) is 19.3 Å². The number of hydrogen-bond donors (Lipinski definition) is 1. The molecule has 0 bridgehead atoms. The van der Waals surface area contributed by atoms with Gasteiger partial charge in [0.2, 0.25) is 0 Å². The predicted octanol–water partition coefficient (Wildman–Crippen LogP) is 2.95. The number of rotatable bonds is 4. The van der Waals surface area contributed by atoms with Gasteiger partial charge in [-0.05, 0) is 37.5 Å². The summed E-state index contributed by atoms with van der Waals surface area (Å²) in [6.45, 7) is 2.41. The Morgan fingerprint density at radius 1 is 1.35 bits per heavy atom. The molecule has 106 valence electrons. The molecular formula is C15H19N3OS. The van der Waals surface area contributed by atoms with Crippen LogP contribution >= 0.6 is 11.3 Å². The third kappa shape index (κ3) is 2.36. The molecule has 1 N–H and O–H groups in total. The van der Waals surface area contributed by atoms with Crippen molar-refractivity contribution < 1.29 is 4.74 Å². The van der Waals surface area contributed by atoms with E-state index in [1.165, 1.54) is 37.1 Å². The van der Waals surface area contributed by atoms with Gasteiger partial charge in [-0.2, -0.15) is 0 Å². The Morgan fingerprint density at radius 3 is 3.05 bits per heavy atom. The zero-order chi connectivity index (χ0) is 13.5. The van der Waals surface area contributed by atoms with E-state index in [2.05, 4.69) is 21.3 Å². The van der Waals surface area contributed by atoms with Crippen LogP contribution in [-0.4, -0.2) is 42.2 Å². The molecule has 1 aromatic carbocycles. The maximum absolute atomic E-state index is 5.26. The number of nitrogens with zero attached hydrogens (tertiary/aromatic N) is 2. The van der Waals surface area contributed by atoms with E-state index in [-0.39, 0.29) is 0 Å². The summed E-state index contributed by atoms with van der Waals surface area (Å²) in [6.07, 6.45) is 4.02. The van der Waals surface area contributed by atoms with Crippen LogP contribution in [0, 0.1) is 0 Å². The molecule has 2 aliphatic rings. The van der Waals surface area contributed by atoms with E-state index in [1.807, 2.05) is 12.1 Å². The van der Waals surface area contributed by atoms with E-state index in [0.717, 1.165) is 22.4 Å². The van der Waals surface area contributed by atoms with Gasteiger partial charge >= 0.3 is 0 Å². The van der Waals surface area contributed by atoms with Crippen LogP contribution in [0.15, 0.2) is 18.2 Å². The first-order chi connectivity index (χ1) is 9.81. The summed E-state index contributed by atoms with van der Waals surface area (Å²) >= 11 is 1.72. The quantitative estimate of drug-likeness (QED) is 0.939. The second-order valence-electron chi connectivity index (χ2n) is 5.71. The summed E-state index contributed by atoms with van der Waals surface area (Å²) in [5, 5.41) is 4.64. The van der Waals surface area contributed by atoms with Crippen LogP contribution < -0.4 is 10.1 Å². The Hall–Kier alpha value is -1.33. The lowest BCUT2D eigenvalue weighted by Gasteiger charge is -2.15. The van der Waals surface area contributed by atoms with Crippen LogP contribution in [0.2, 0.25) is 0 Å². The average molecular weight is 289 g/mol. The molecule has 1 aliphatic heterocycles. The molecule has 4 nitrogen and oxygen atoms in total. The van der Waals surface area contributed by atoms with Crippen molar-refractivity contribution in [3.05, 3.63) is 18.2 Å². The van der Waals surface area contributed by atoms with Crippen molar-refractivity contribution in [1.82, 2.24) is 9.88 Å². The number of anilines is 1. The SMILES string of the molecule is COc1ccc2nc(NC3CCN(C4CC4)C3)sc2c1. The number of methoxy groups -OCH3 is 1. The molecule has 1 unspecified atom stereocenters. The number of aromatic nitrogens is 1. The van der Waals surface area contributed by atoms with Crippen molar-refractivity contribution in [2.45, 2.75) is 31.3 Å². The van der Waals surface area contributed by atoms with Crippen LogP contribution in [0.3, 0.4) is 0 Å². The fourth-order valence-electron chi connectivity index (χ4n) is 2.94. The Morgan fingerprint density at radius 2 is 2.25 bits per heavy atom. The summed E-state index contributed by atoms with van der Waals surface area (Å²) in [5.74, 6) is 0.897. The van der Waals surface area contributed by atoms with Gasteiger partial charge in [-0.25, -0.2) is 4.98 Å². The summed E-state index contributed by atoms with van der Waals surface area (Å²) in [7, 11) is 1.70. The van der Waals surface area contributed by atoms with E-state index in [9.17, 15) is 0 Å². The van der Waals surface area contributed by atoms with E-state index in [4.69, 9.17) is 4.74 Å². The second-order valence-corrected chi connectivity index (χ2v) is 6.74. The molecular weight excluding hydrogens is 270 g/mol. The van der Waals surface area contributed by atoms with Crippen LogP contribution in [0.25, 0.3) is 10.2 Å². The van der Waals surface area contributed by atoms with Crippen LogP contribution in [0.4, 0.5) is 5.13 Å². The van der Waals surface area contributed by atoms with Crippen molar-refractivity contribution in [3.8, 4) is 5.75 Å². The third-order valence-electron chi connectivity index (χ3n) is 4.21. The molecule has 1 aliphatic carbocycles. The summed E-state index contributed by atoms with van der Waals surface area (Å²) in [4.78, 5) is 7.29. The fraction of sp³-hybridized carbons (Fsp3) is 0.533. The molecule has 1 saturated heterocycles. The number of thiazole rings is 1. The first-order valence-corrected chi connectivity index (χ1v) is 8.08. The highest BCUT2D eigenvalue weighted by Crippen LogP contribution is 2.33. The number of hydrogen-bond acceptors (Lipinski definition) is 5. The number of likely N-dealkylation sites (tertiary alicyclic amines) is 1. The van der Waals surface area contributed by atoms with E-state index in [0.29, 0.717) is 6.04 Å². The lowest BCUT2D eigenvalue weighted by atomic mass is 10.3. The van der Waals surface area contributed by atoms with Gasteiger partial charge in [0.25, 0.3) is 0 Å². The smallest absolute Gasteiger partial charge is 0.184 e. The fourth-order valence-corrected chi connectivity index (χ4v) is 3.92. The molecule has 4 rings (SSSR count). The molecule has 20 heavy (non-hydrogen) atoms. The highest BCUT2D eigenvalue weighted by atomic mass is 32.1. The lowest BCUT2D eigenvalue weighted by molar-refractivity contribution is 0.326. The molecule has 5 heteroatoms. The number of fused-ring (bicyclic) bond motifs is 1. The van der Waals surface area contributed by atoms with E-state index < -0.39 is 0 Å². The number of benzene rings is 1. The van der Waals surface area contributed by atoms with Gasteiger partial charge in [0.05, 0.1) is 17.3 Å². The van der Waals surface area contributed by atoms with Gasteiger partial charge in [-0.1, -0.05) is 11.3 Å².